The average Bonchev–Trinajstić information content (AvgIpc) is 3.26. The van der Waals surface area contributed by atoms with Crippen LogP contribution in [0, 0.1) is 0 Å². The van der Waals surface area contributed by atoms with Gasteiger partial charge in [-0.3, -0.25) is 9.59 Å². The van der Waals surface area contributed by atoms with E-state index in [2.05, 4.69) is 116 Å². The summed E-state index contributed by atoms with van der Waals surface area (Å²) in [6.07, 6.45) is 66.1. The lowest BCUT2D eigenvalue weighted by molar-refractivity contribution is -0.150. The lowest BCUT2D eigenvalue weighted by Crippen LogP contribution is -2.40. The van der Waals surface area contributed by atoms with E-state index in [1.165, 1.54) is 57.8 Å². The van der Waals surface area contributed by atoms with Gasteiger partial charge in [-0.15, -0.1) is 0 Å². The first-order valence-corrected chi connectivity index (χ1v) is 25.1. The lowest BCUT2D eigenvalue weighted by Gasteiger charge is -2.17. The number of aliphatic carboxylic acids is 1. The van der Waals surface area contributed by atoms with Gasteiger partial charge >= 0.3 is 11.9 Å². The molecule has 0 aliphatic rings. The fraction of sp³-hybridized carbons (Fsp3) is 0.655. The predicted octanol–water partition coefficient (Wildman–Crippen LogP) is 15.0. The van der Waals surface area contributed by atoms with Gasteiger partial charge in [-0.25, -0.2) is 4.79 Å². The highest BCUT2D eigenvalue weighted by molar-refractivity contribution is 5.83. The first kappa shape index (κ1) is 58.3. The number of amides is 1. The maximum absolute atomic E-state index is 12.9. The molecule has 0 aromatic carbocycles. The van der Waals surface area contributed by atoms with Gasteiger partial charge in [-0.1, -0.05) is 182 Å². The molecule has 7 heteroatoms. The molecular weight excluding hydrogens is 769 g/mol. The minimum atomic E-state index is -1.01. The highest BCUT2D eigenvalue weighted by Gasteiger charge is 2.19. The van der Waals surface area contributed by atoms with Gasteiger partial charge in [0.05, 0.1) is 0 Å². The molecule has 2 unspecified atom stereocenters. The van der Waals surface area contributed by atoms with Crippen LogP contribution in [0.2, 0.25) is 0 Å². The third-order valence-corrected chi connectivity index (χ3v) is 10.7. The number of carbonyl (C=O) groups excluding carboxylic acids is 2. The molecule has 0 saturated heterocycles. The molecule has 0 aliphatic heterocycles. The molecule has 0 heterocycles. The number of unbranched alkanes of at least 4 members (excludes halogenated alkanes) is 14. The van der Waals surface area contributed by atoms with Crippen molar-refractivity contribution in [1.82, 2.24) is 5.32 Å². The van der Waals surface area contributed by atoms with E-state index in [-0.39, 0.29) is 18.0 Å². The first-order valence-electron chi connectivity index (χ1n) is 25.1. The molecule has 0 saturated carbocycles. The molecule has 62 heavy (non-hydrogen) atoms. The van der Waals surface area contributed by atoms with E-state index in [0.717, 1.165) is 116 Å². The molecule has 4 N–H and O–H groups in total. The van der Waals surface area contributed by atoms with Crippen molar-refractivity contribution in [2.24, 2.45) is 5.73 Å². The van der Waals surface area contributed by atoms with E-state index < -0.39 is 12.0 Å². The number of nitrogens with one attached hydrogen (secondary N) is 1. The highest BCUT2D eigenvalue weighted by Crippen LogP contribution is 2.18. The van der Waals surface area contributed by atoms with E-state index in [0.29, 0.717) is 32.2 Å². The van der Waals surface area contributed by atoms with Crippen LogP contribution in [0.1, 0.15) is 213 Å². The van der Waals surface area contributed by atoms with Crippen LogP contribution in [-0.2, 0) is 19.1 Å². The first-order chi connectivity index (χ1) is 30.4. The van der Waals surface area contributed by atoms with Crippen LogP contribution in [0.25, 0.3) is 0 Å². The van der Waals surface area contributed by atoms with Crippen LogP contribution in [0.15, 0.2) is 97.2 Å². The summed E-state index contributed by atoms with van der Waals surface area (Å²) >= 11 is 0. The second-order valence-corrected chi connectivity index (χ2v) is 16.5. The molecule has 0 rings (SSSR count). The molecule has 0 aromatic heterocycles. The van der Waals surface area contributed by atoms with Crippen LogP contribution in [0.3, 0.4) is 0 Å². The van der Waals surface area contributed by atoms with Crippen LogP contribution in [0.5, 0.6) is 0 Å². The number of carbonyl (C=O) groups is 3. The fourth-order valence-electron chi connectivity index (χ4n) is 6.96. The number of ether oxygens (including phenoxy) is 1. The number of hydrogen-bond acceptors (Lipinski definition) is 5. The second-order valence-electron chi connectivity index (χ2n) is 16.5. The molecule has 2 atom stereocenters. The van der Waals surface area contributed by atoms with Crippen molar-refractivity contribution in [2.45, 2.75) is 225 Å². The van der Waals surface area contributed by atoms with Gasteiger partial charge in [0, 0.05) is 12.8 Å². The lowest BCUT2D eigenvalue weighted by atomic mass is 10.0. The smallest absolute Gasteiger partial charge is 0.326 e. The Kier molecular flexibility index (Phi) is 45.4. The Labute approximate surface area is 380 Å². The zero-order valence-corrected chi connectivity index (χ0v) is 39.7. The normalized spacial score (nSPS) is 13.5. The number of rotatable bonds is 44. The summed E-state index contributed by atoms with van der Waals surface area (Å²) in [6, 6.07) is -0.870. The SMILES string of the molecule is CC/C=C\C/C=C\C/C=C\C/C=C\CCCCCCCCCCCCC(=O)OC(CC/C=C\C/C=C\C/C=C\C/C=C\CC)CCCCCCCC(=O)NC(CCCN)C(=O)O. The summed E-state index contributed by atoms with van der Waals surface area (Å²) in [5.74, 6) is -1.30. The standard InChI is InChI=1S/C55H92N2O5/c1-3-5-7-9-11-13-15-17-18-19-20-21-22-23-24-25-26-28-30-32-34-39-43-49-54(59)62-51(45-40-36-33-31-29-27-16-14-12-10-8-6-4-2)46-41-37-35-38-42-48-53(58)57-52(55(60)61)47-44-50-56/h5-8,11-14,17-18,20-21,27,29,33,36,51-52H,3-4,9-10,15-16,19,22-26,28,30-32,34-35,37-50,56H2,1-2H3,(H,57,58)(H,60,61)/b7-5-,8-6-,13-11-,14-12-,18-17-,21-20-,29-27-,36-33-. The highest BCUT2D eigenvalue weighted by atomic mass is 16.5. The maximum atomic E-state index is 12.9. The van der Waals surface area contributed by atoms with Crippen LogP contribution in [-0.4, -0.2) is 41.6 Å². The van der Waals surface area contributed by atoms with Crippen molar-refractivity contribution in [1.29, 1.82) is 0 Å². The number of esters is 1. The maximum Gasteiger partial charge on any atom is 0.326 e. The summed E-state index contributed by atoms with van der Waals surface area (Å²) in [6.45, 7) is 4.72. The minimum Gasteiger partial charge on any atom is -0.480 e. The van der Waals surface area contributed by atoms with Crippen LogP contribution in [0.4, 0.5) is 0 Å². The quantitative estimate of drug-likeness (QED) is 0.0319. The van der Waals surface area contributed by atoms with Crippen molar-refractivity contribution in [3.8, 4) is 0 Å². The molecular formula is C55H92N2O5. The molecule has 0 bridgehead atoms. The number of nitrogens with two attached hydrogens (primary N) is 1. The van der Waals surface area contributed by atoms with Crippen molar-refractivity contribution >= 4 is 17.8 Å². The zero-order chi connectivity index (χ0) is 45.2. The van der Waals surface area contributed by atoms with E-state index in [1.807, 2.05) is 0 Å². The van der Waals surface area contributed by atoms with Gasteiger partial charge in [0.1, 0.15) is 12.1 Å². The minimum absolute atomic E-state index is 0.0671. The van der Waals surface area contributed by atoms with Gasteiger partial charge in [0.25, 0.3) is 0 Å². The second kappa shape index (κ2) is 48.3. The van der Waals surface area contributed by atoms with Gasteiger partial charge < -0.3 is 20.9 Å². The van der Waals surface area contributed by atoms with Gasteiger partial charge in [0.15, 0.2) is 0 Å². The summed E-state index contributed by atoms with van der Waals surface area (Å²) < 4.78 is 6.03. The van der Waals surface area contributed by atoms with Gasteiger partial charge in [-0.2, -0.15) is 0 Å². The Morgan fingerprint density at radius 3 is 1.34 bits per heavy atom. The van der Waals surface area contributed by atoms with Crippen molar-refractivity contribution in [2.75, 3.05) is 6.54 Å². The fourth-order valence-corrected chi connectivity index (χ4v) is 6.96. The van der Waals surface area contributed by atoms with Crippen molar-refractivity contribution in [3.05, 3.63) is 97.2 Å². The Morgan fingerprint density at radius 1 is 0.468 bits per heavy atom. The summed E-state index contributed by atoms with van der Waals surface area (Å²) in [5.41, 5.74) is 5.49. The van der Waals surface area contributed by atoms with Crippen LogP contribution >= 0.6 is 0 Å². The van der Waals surface area contributed by atoms with E-state index in [9.17, 15) is 19.5 Å². The molecule has 1 amide bonds. The van der Waals surface area contributed by atoms with Gasteiger partial charge in [-0.05, 0) is 122 Å². The van der Waals surface area contributed by atoms with Crippen LogP contribution < -0.4 is 11.1 Å². The molecule has 7 nitrogen and oxygen atoms in total. The Balaban J connectivity index is 4.33. The van der Waals surface area contributed by atoms with Gasteiger partial charge in [0.2, 0.25) is 5.91 Å². The number of allylic oxidation sites excluding steroid dienone is 16. The number of carboxylic acids is 1. The molecule has 0 radical (unpaired) electrons. The molecule has 0 aliphatic carbocycles. The topological polar surface area (TPSA) is 119 Å². The molecule has 0 fully saturated rings. The monoisotopic (exact) mass is 861 g/mol. The van der Waals surface area contributed by atoms with E-state index in [4.69, 9.17) is 10.5 Å². The zero-order valence-electron chi connectivity index (χ0n) is 39.7. The largest absolute Gasteiger partial charge is 0.480 e. The third kappa shape index (κ3) is 44.3. The summed E-state index contributed by atoms with van der Waals surface area (Å²) in [7, 11) is 0. The Bertz CT molecular complexity index is 1290. The number of carboxylic acid groups (broad SMARTS) is 1. The van der Waals surface area contributed by atoms with Crippen molar-refractivity contribution in [3.63, 3.8) is 0 Å². The van der Waals surface area contributed by atoms with E-state index in [1.54, 1.807) is 0 Å². The molecule has 0 aromatic rings. The molecule has 352 valence electrons. The Morgan fingerprint density at radius 2 is 0.871 bits per heavy atom. The molecule has 0 spiro atoms. The third-order valence-electron chi connectivity index (χ3n) is 10.7. The average molecular weight is 861 g/mol. The number of hydrogen-bond donors (Lipinski definition) is 3. The van der Waals surface area contributed by atoms with E-state index >= 15 is 0 Å². The Hall–Kier alpha value is -3.71. The summed E-state index contributed by atoms with van der Waals surface area (Å²) in [4.78, 5) is 36.5. The predicted molar refractivity (Wildman–Crippen MR) is 266 cm³/mol. The van der Waals surface area contributed by atoms with Crippen molar-refractivity contribution < 1.29 is 24.2 Å². The summed E-state index contributed by atoms with van der Waals surface area (Å²) in [5, 5.41) is 12.0.